The molecule has 1 unspecified atom stereocenters. The topological polar surface area (TPSA) is 21.3 Å². The van der Waals surface area contributed by atoms with Gasteiger partial charge < -0.3 is 4.74 Å². The summed E-state index contributed by atoms with van der Waals surface area (Å²) < 4.78 is 6.09. The van der Waals surface area contributed by atoms with Crippen molar-refractivity contribution in [2.24, 2.45) is 5.92 Å². The lowest BCUT2D eigenvalue weighted by Gasteiger charge is -2.50. The van der Waals surface area contributed by atoms with Crippen molar-refractivity contribution in [1.82, 2.24) is 5.32 Å². The van der Waals surface area contributed by atoms with Crippen LogP contribution in [0.5, 0.6) is 0 Å². The standard InChI is InChI=1S/C14H27NO/c1-4-12-6-8-14(9-7-12)15-13(3,5-2)10-11-16-14/h12,15H,4-11H2,1-3H3. The molecule has 1 heterocycles. The molecule has 0 radical (unpaired) electrons. The number of hydrogen-bond donors (Lipinski definition) is 1. The molecule has 1 spiro atoms. The van der Waals surface area contributed by atoms with Gasteiger partial charge in [0, 0.05) is 5.54 Å². The molecule has 16 heavy (non-hydrogen) atoms. The van der Waals surface area contributed by atoms with Crippen LogP contribution in [0, 0.1) is 5.92 Å². The zero-order chi connectivity index (χ0) is 11.6. The highest BCUT2D eigenvalue weighted by Gasteiger charge is 2.43. The van der Waals surface area contributed by atoms with Crippen LogP contribution in [-0.2, 0) is 4.74 Å². The molecule has 0 aromatic carbocycles. The van der Waals surface area contributed by atoms with Crippen molar-refractivity contribution in [3.05, 3.63) is 0 Å². The molecule has 1 atom stereocenters. The number of hydrogen-bond acceptors (Lipinski definition) is 2. The highest BCUT2D eigenvalue weighted by atomic mass is 16.5. The SMILES string of the molecule is CCC1CCC2(CC1)NC(C)(CC)CCO2. The molecule has 0 bridgehead atoms. The fraction of sp³-hybridized carbons (Fsp3) is 1.00. The van der Waals surface area contributed by atoms with E-state index in [9.17, 15) is 0 Å². The van der Waals surface area contributed by atoms with Crippen LogP contribution in [0.3, 0.4) is 0 Å². The maximum absolute atomic E-state index is 6.09. The van der Waals surface area contributed by atoms with Crippen LogP contribution in [0.4, 0.5) is 0 Å². The van der Waals surface area contributed by atoms with Crippen LogP contribution >= 0.6 is 0 Å². The Morgan fingerprint density at radius 2 is 1.88 bits per heavy atom. The quantitative estimate of drug-likeness (QED) is 0.777. The van der Waals surface area contributed by atoms with Crippen LogP contribution in [0.15, 0.2) is 0 Å². The minimum absolute atomic E-state index is 0.0225. The summed E-state index contributed by atoms with van der Waals surface area (Å²) in [5.74, 6) is 0.936. The predicted molar refractivity (Wildman–Crippen MR) is 67.4 cm³/mol. The molecular weight excluding hydrogens is 198 g/mol. The Hall–Kier alpha value is -0.0800. The number of nitrogens with one attached hydrogen (secondary N) is 1. The molecule has 2 heteroatoms. The average molecular weight is 225 g/mol. The average Bonchev–Trinajstić information content (AvgIpc) is 2.30. The first-order valence-corrected chi connectivity index (χ1v) is 7.05. The molecule has 2 fully saturated rings. The molecule has 2 aliphatic rings. The third kappa shape index (κ3) is 2.43. The predicted octanol–water partition coefficient (Wildman–Crippen LogP) is 3.46. The maximum Gasteiger partial charge on any atom is 0.119 e. The van der Waals surface area contributed by atoms with Crippen LogP contribution in [-0.4, -0.2) is 17.9 Å². The van der Waals surface area contributed by atoms with Crippen LogP contribution in [0.1, 0.15) is 65.7 Å². The summed E-state index contributed by atoms with van der Waals surface area (Å²) in [7, 11) is 0. The van der Waals surface area contributed by atoms with Gasteiger partial charge in [0.2, 0.25) is 0 Å². The Morgan fingerprint density at radius 1 is 1.19 bits per heavy atom. The number of ether oxygens (including phenoxy) is 1. The molecule has 1 aliphatic carbocycles. The molecule has 2 rings (SSSR count). The van der Waals surface area contributed by atoms with Crippen LogP contribution in [0.2, 0.25) is 0 Å². The minimum atomic E-state index is 0.0225. The van der Waals surface area contributed by atoms with E-state index in [4.69, 9.17) is 4.74 Å². The first-order valence-electron chi connectivity index (χ1n) is 7.05. The molecule has 0 aromatic heterocycles. The second-order valence-corrected chi connectivity index (χ2v) is 5.98. The number of rotatable bonds is 2. The Balaban J connectivity index is 1.98. The normalized spacial score (nSPS) is 44.8. The largest absolute Gasteiger partial charge is 0.361 e. The van der Waals surface area contributed by atoms with Gasteiger partial charge in [-0.3, -0.25) is 5.32 Å². The summed E-state index contributed by atoms with van der Waals surface area (Å²) >= 11 is 0. The van der Waals surface area contributed by atoms with Crippen molar-refractivity contribution in [3.63, 3.8) is 0 Å². The van der Waals surface area contributed by atoms with E-state index >= 15 is 0 Å². The molecule has 1 saturated carbocycles. The summed E-state index contributed by atoms with van der Waals surface area (Å²) in [6.45, 7) is 7.88. The van der Waals surface area contributed by atoms with E-state index in [-0.39, 0.29) is 5.72 Å². The van der Waals surface area contributed by atoms with Crippen molar-refractivity contribution in [2.45, 2.75) is 77.0 Å². The fourth-order valence-corrected chi connectivity index (χ4v) is 3.21. The first kappa shape index (κ1) is 12.4. The van der Waals surface area contributed by atoms with Crippen molar-refractivity contribution < 1.29 is 4.74 Å². The molecule has 1 aliphatic heterocycles. The minimum Gasteiger partial charge on any atom is -0.361 e. The van der Waals surface area contributed by atoms with Gasteiger partial charge in [-0.05, 0) is 51.4 Å². The lowest BCUT2D eigenvalue weighted by Crippen LogP contribution is -2.63. The van der Waals surface area contributed by atoms with Crippen LogP contribution < -0.4 is 5.32 Å². The van der Waals surface area contributed by atoms with Crippen molar-refractivity contribution in [2.75, 3.05) is 6.61 Å². The van der Waals surface area contributed by atoms with Gasteiger partial charge in [-0.2, -0.15) is 0 Å². The Kier molecular flexibility index (Phi) is 3.60. The molecule has 94 valence electrons. The lowest BCUT2D eigenvalue weighted by atomic mass is 9.79. The Bertz CT molecular complexity index is 233. The second kappa shape index (κ2) is 4.66. The molecule has 0 aromatic rings. The van der Waals surface area contributed by atoms with Crippen molar-refractivity contribution in [3.8, 4) is 0 Å². The zero-order valence-electron chi connectivity index (χ0n) is 11.1. The van der Waals surface area contributed by atoms with Gasteiger partial charge in [-0.15, -0.1) is 0 Å². The van der Waals surface area contributed by atoms with E-state index in [1.165, 1.54) is 38.5 Å². The smallest absolute Gasteiger partial charge is 0.119 e. The summed E-state index contributed by atoms with van der Waals surface area (Å²) in [5, 5.41) is 3.82. The summed E-state index contributed by atoms with van der Waals surface area (Å²) in [6.07, 6.45) is 8.79. The van der Waals surface area contributed by atoms with E-state index < -0.39 is 0 Å². The van der Waals surface area contributed by atoms with Gasteiger partial charge in [-0.25, -0.2) is 0 Å². The summed E-state index contributed by atoms with van der Waals surface area (Å²) in [5.41, 5.74) is 0.325. The molecule has 1 saturated heterocycles. The van der Waals surface area contributed by atoms with E-state index in [0.717, 1.165) is 18.9 Å². The van der Waals surface area contributed by atoms with Gasteiger partial charge in [0.25, 0.3) is 0 Å². The lowest BCUT2D eigenvalue weighted by molar-refractivity contribution is -0.153. The van der Waals surface area contributed by atoms with E-state index in [2.05, 4.69) is 26.1 Å². The van der Waals surface area contributed by atoms with E-state index in [1.807, 2.05) is 0 Å². The Labute approximate surface area is 100 Å². The van der Waals surface area contributed by atoms with Gasteiger partial charge in [-0.1, -0.05) is 20.3 Å². The second-order valence-electron chi connectivity index (χ2n) is 5.98. The fourth-order valence-electron chi connectivity index (χ4n) is 3.21. The monoisotopic (exact) mass is 225 g/mol. The maximum atomic E-state index is 6.09. The third-order valence-corrected chi connectivity index (χ3v) is 4.83. The zero-order valence-corrected chi connectivity index (χ0v) is 11.1. The van der Waals surface area contributed by atoms with Crippen molar-refractivity contribution >= 4 is 0 Å². The molecule has 2 nitrogen and oxygen atoms in total. The van der Waals surface area contributed by atoms with Crippen molar-refractivity contribution in [1.29, 1.82) is 0 Å². The van der Waals surface area contributed by atoms with Crippen LogP contribution in [0.25, 0.3) is 0 Å². The Morgan fingerprint density at radius 3 is 2.44 bits per heavy atom. The van der Waals surface area contributed by atoms with Gasteiger partial charge in [0.15, 0.2) is 0 Å². The molecule has 0 amide bonds. The highest BCUT2D eigenvalue weighted by Crippen LogP contribution is 2.39. The van der Waals surface area contributed by atoms with Gasteiger partial charge >= 0.3 is 0 Å². The van der Waals surface area contributed by atoms with E-state index in [0.29, 0.717) is 5.54 Å². The van der Waals surface area contributed by atoms with Gasteiger partial charge in [0.1, 0.15) is 5.72 Å². The third-order valence-electron chi connectivity index (χ3n) is 4.83. The van der Waals surface area contributed by atoms with E-state index in [1.54, 1.807) is 0 Å². The summed E-state index contributed by atoms with van der Waals surface area (Å²) in [6, 6.07) is 0. The molecule has 1 N–H and O–H groups in total. The highest BCUT2D eigenvalue weighted by molar-refractivity contribution is 4.96. The summed E-state index contributed by atoms with van der Waals surface area (Å²) in [4.78, 5) is 0. The first-order chi connectivity index (χ1) is 7.61. The molecular formula is C14H27NO. The van der Waals surface area contributed by atoms with Gasteiger partial charge in [0.05, 0.1) is 6.61 Å².